The molecule has 0 aliphatic heterocycles. The number of nitrogens with one attached hydrogen (secondary N) is 2. The number of rotatable bonds is 7. The molecule has 0 saturated heterocycles. The zero-order valence-electron chi connectivity index (χ0n) is 19.4. The van der Waals surface area contributed by atoms with E-state index < -0.39 is 0 Å². The van der Waals surface area contributed by atoms with Crippen molar-refractivity contribution in [3.8, 4) is 5.75 Å². The lowest BCUT2D eigenvalue weighted by Crippen LogP contribution is -2.36. The van der Waals surface area contributed by atoms with Gasteiger partial charge in [0.15, 0.2) is 0 Å². The van der Waals surface area contributed by atoms with Gasteiger partial charge >= 0.3 is 0 Å². The van der Waals surface area contributed by atoms with Crippen LogP contribution in [0.5, 0.6) is 5.75 Å². The van der Waals surface area contributed by atoms with Gasteiger partial charge in [0.05, 0.1) is 18.4 Å². The van der Waals surface area contributed by atoms with Gasteiger partial charge in [0.25, 0.3) is 11.8 Å². The predicted molar refractivity (Wildman–Crippen MR) is 137 cm³/mol. The number of carbonyl (C=O) groups excluding carboxylic acids is 2. The Labute approximate surface area is 200 Å². The Bertz CT molecular complexity index is 1150. The number of ether oxygens (including phenoxy) is 1. The van der Waals surface area contributed by atoms with E-state index in [1.807, 2.05) is 72.8 Å². The molecule has 34 heavy (non-hydrogen) atoms. The van der Waals surface area contributed by atoms with Gasteiger partial charge in [-0.05, 0) is 54.3 Å². The van der Waals surface area contributed by atoms with Crippen LogP contribution < -0.4 is 15.4 Å². The summed E-state index contributed by atoms with van der Waals surface area (Å²) in [5, 5.41) is 6.12. The van der Waals surface area contributed by atoms with Gasteiger partial charge in [0.1, 0.15) is 5.75 Å². The first kappa shape index (κ1) is 23.3. The van der Waals surface area contributed by atoms with Crippen molar-refractivity contribution in [2.45, 2.75) is 38.1 Å². The van der Waals surface area contributed by atoms with Gasteiger partial charge in [-0.1, -0.05) is 73.9 Å². The van der Waals surface area contributed by atoms with Gasteiger partial charge in [-0.15, -0.1) is 0 Å². The molecule has 0 spiro atoms. The molecule has 0 bridgehead atoms. The lowest BCUT2D eigenvalue weighted by Gasteiger charge is -2.23. The normalized spacial score (nSPS) is 14.3. The molecule has 3 aromatic rings. The third-order valence-electron chi connectivity index (χ3n) is 6.12. The monoisotopic (exact) mass is 454 g/mol. The highest BCUT2D eigenvalue weighted by Crippen LogP contribution is 2.24. The van der Waals surface area contributed by atoms with Crippen molar-refractivity contribution >= 4 is 29.2 Å². The maximum atomic E-state index is 13.5. The standard InChI is InChI=1S/C29H30N2O3/c1-34-24-18-16-21(17-19-24)20-26(22-10-4-2-5-11-22)29(33)31-27-15-9-8-14-25(27)28(32)30-23-12-6-3-7-13-23/h2,4-5,8-11,14-20,23H,3,6-7,12-13H2,1H3,(H,30,32)(H,31,33). The summed E-state index contributed by atoms with van der Waals surface area (Å²) < 4.78 is 5.24. The largest absolute Gasteiger partial charge is 0.497 e. The summed E-state index contributed by atoms with van der Waals surface area (Å²) in [6, 6.07) is 24.4. The first-order chi connectivity index (χ1) is 16.6. The molecule has 2 amide bonds. The Hall–Kier alpha value is -3.86. The molecule has 0 atom stereocenters. The van der Waals surface area contributed by atoms with E-state index in [0.29, 0.717) is 16.8 Å². The predicted octanol–water partition coefficient (Wildman–Crippen LogP) is 5.94. The molecule has 5 nitrogen and oxygen atoms in total. The molecular formula is C29H30N2O3. The van der Waals surface area contributed by atoms with Crippen molar-refractivity contribution in [1.82, 2.24) is 5.32 Å². The number of hydrogen-bond donors (Lipinski definition) is 2. The molecule has 174 valence electrons. The van der Waals surface area contributed by atoms with Crippen LogP contribution in [0.25, 0.3) is 11.6 Å². The molecule has 1 aliphatic carbocycles. The van der Waals surface area contributed by atoms with E-state index in [1.165, 1.54) is 6.42 Å². The minimum atomic E-state index is -0.278. The van der Waals surface area contributed by atoms with Crippen molar-refractivity contribution in [1.29, 1.82) is 0 Å². The van der Waals surface area contributed by atoms with E-state index in [4.69, 9.17) is 4.74 Å². The van der Waals surface area contributed by atoms with Crippen molar-refractivity contribution in [3.05, 3.63) is 95.6 Å². The summed E-state index contributed by atoms with van der Waals surface area (Å²) >= 11 is 0. The third-order valence-corrected chi connectivity index (χ3v) is 6.12. The Balaban J connectivity index is 1.59. The second-order valence-electron chi connectivity index (χ2n) is 8.51. The molecule has 0 unspecified atom stereocenters. The van der Waals surface area contributed by atoms with Crippen molar-refractivity contribution in [2.75, 3.05) is 12.4 Å². The summed E-state index contributed by atoms with van der Waals surface area (Å²) in [5.41, 5.74) is 3.14. The van der Waals surface area contributed by atoms with Gasteiger partial charge in [-0.2, -0.15) is 0 Å². The number of amides is 2. The van der Waals surface area contributed by atoms with Crippen molar-refractivity contribution in [3.63, 3.8) is 0 Å². The van der Waals surface area contributed by atoms with Crippen molar-refractivity contribution in [2.24, 2.45) is 0 Å². The average Bonchev–Trinajstić information content (AvgIpc) is 2.89. The van der Waals surface area contributed by atoms with Gasteiger partial charge in [0.2, 0.25) is 0 Å². The molecule has 2 N–H and O–H groups in total. The molecule has 1 saturated carbocycles. The van der Waals surface area contributed by atoms with E-state index in [-0.39, 0.29) is 17.9 Å². The summed E-state index contributed by atoms with van der Waals surface area (Å²) in [6.45, 7) is 0. The molecule has 0 radical (unpaired) electrons. The van der Waals surface area contributed by atoms with Gasteiger partial charge in [-0.25, -0.2) is 0 Å². The van der Waals surface area contributed by atoms with Crippen LogP contribution in [0.4, 0.5) is 5.69 Å². The van der Waals surface area contributed by atoms with Crippen LogP contribution in [0.15, 0.2) is 78.9 Å². The molecule has 0 aromatic heterocycles. The molecule has 5 heteroatoms. The van der Waals surface area contributed by atoms with Gasteiger partial charge < -0.3 is 15.4 Å². The number of benzene rings is 3. The number of methoxy groups -OCH3 is 1. The highest BCUT2D eigenvalue weighted by Gasteiger charge is 2.20. The van der Waals surface area contributed by atoms with Crippen LogP contribution in [0.1, 0.15) is 53.6 Å². The Kier molecular flexibility index (Phi) is 7.76. The van der Waals surface area contributed by atoms with E-state index in [1.54, 1.807) is 19.2 Å². The molecular weight excluding hydrogens is 424 g/mol. The first-order valence-corrected chi connectivity index (χ1v) is 11.8. The minimum absolute atomic E-state index is 0.150. The highest BCUT2D eigenvalue weighted by molar-refractivity contribution is 6.29. The maximum Gasteiger partial charge on any atom is 0.256 e. The van der Waals surface area contributed by atoms with Crippen LogP contribution in [-0.2, 0) is 4.79 Å². The molecule has 3 aromatic carbocycles. The Morgan fingerprint density at radius 3 is 2.24 bits per heavy atom. The molecule has 4 rings (SSSR count). The summed E-state index contributed by atoms with van der Waals surface area (Å²) in [4.78, 5) is 26.5. The topological polar surface area (TPSA) is 67.4 Å². The summed E-state index contributed by atoms with van der Waals surface area (Å²) in [7, 11) is 1.62. The van der Waals surface area contributed by atoms with Gasteiger partial charge in [-0.3, -0.25) is 9.59 Å². The minimum Gasteiger partial charge on any atom is -0.497 e. The zero-order chi connectivity index (χ0) is 23.8. The number of carbonyl (C=O) groups is 2. The second-order valence-corrected chi connectivity index (χ2v) is 8.51. The maximum absolute atomic E-state index is 13.5. The Morgan fingerprint density at radius 1 is 0.853 bits per heavy atom. The fourth-order valence-electron chi connectivity index (χ4n) is 4.25. The molecule has 1 aliphatic rings. The first-order valence-electron chi connectivity index (χ1n) is 11.8. The quantitative estimate of drug-likeness (QED) is 0.343. The fraction of sp³-hybridized carbons (Fsp3) is 0.241. The van der Waals surface area contributed by atoms with Crippen LogP contribution in [-0.4, -0.2) is 25.0 Å². The second kappa shape index (κ2) is 11.3. The van der Waals surface area contributed by atoms with E-state index >= 15 is 0 Å². The number of anilines is 1. The van der Waals surface area contributed by atoms with E-state index in [9.17, 15) is 9.59 Å². The van der Waals surface area contributed by atoms with Crippen LogP contribution in [0.2, 0.25) is 0 Å². The lowest BCUT2D eigenvalue weighted by molar-refractivity contribution is -0.111. The Morgan fingerprint density at radius 2 is 1.53 bits per heavy atom. The highest BCUT2D eigenvalue weighted by atomic mass is 16.5. The zero-order valence-corrected chi connectivity index (χ0v) is 19.4. The van der Waals surface area contributed by atoms with E-state index in [2.05, 4.69) is 10.6 Å². The van der Waals surface area contributed by atoms with Crippen molar-refractivity contribution < 1.29 is 14.3 Å². The number of para-hydroxylation sites is 1. The van der Waals surface area contributed by atoms with Gasteiger partial charge in [0, 0.05) is 11.6 Å². The van der Waals surface area contributed by atoms with Crippen LogP contribution in [0, 0.1) is 0 Å². The lowest BCUT2D eigenvalue weighted by atomic mass is 9.95. The van der Waals surface area contributed by atoms with E-state index in [0.717, 1.165) is 42.6 Å². The molecule has 1 fully saturated rings. The fourth-order valence-corrected chi connectivity index (χ4v) is 4.25. The van der Waals surface area contributed by atoms with Crippen LogP contribution >= 0.6 is 0 Å². The van der Waals surface area contributed by atoms with Crippen LogP contribution in [0.3, 0.4) is 0 Å². The SMILES string of the molecule is COc1ccc(C=C(C(=O)Nc2ccccc2C(=O)NC2CCCCC2)c2ccccc2)cc1. The third kappa shape index (κ3) is 5.93. The average molecular weight is 455 g/mol. The number of hydrogen-bond acceptors (Lipinski definition) is 3. The summed E-state index contributed by atoms with van der Waals surface area (Å²) in [5.74, 6) is 0.323. The summed E-state index contributed by atoms with van der Waals surface area (Å²) in [6.07, 6.45) is 7.35. The smallest absolute Gasteiger partial charge is 0.256 e. The molecule has 0 heterocycles.